The lowest BCUT2D eigenvalue weighted by molar-refractivity contribution is -0.396. The Morgan fingerprint density at radius 3 is 2.00 bits per heavy atom. The van der Waals surface area contributed by atoms with Crippen molar-refractivity contribution >= 4 is 33.1 Å². The molecule has 0 fully saturated rings. The first-order chi connectivity index (χ1) is 15.1. The van der Waals surface area contributed by atoms with E-state index < -0.39 is 44.3 Å². The zero-order valence-corrected chi connectivity index (χ0v) is 15.6. The maximum Gasteiger partial charge on any atom is 0.416 e. The molecule has 9 nitrogen and oxygen atoms in total. The molecule has 0 aliphatic rings. The van der Waals surface area contributed by atoms with Crippen molar-refractivity contribution in [2.75, 3.05) is 0 Å². The number of fused-ring (bicyclic) bond motifs is 3. The molecule has 0 unspecified atom stereocenters. The van der Waals surface area contributed by atoms with Gasteiger partial charge in [-0.05, 0) is 23.6 Å². The van der Waals surface area contributed by atoms with Crippen molar-refractivity contribution in [2.24, 2.45) is 0 Å². The van der Waals surface area contributed by atoms with Crippen LogP contribution in [0.2, 0.25) is 0 Å². The summed E-state index contributed by atoms with van der Waals surface area (Å²) in [6.45, 7) is 0. The number of benzene rings is 3. The van der Waals surface area contributed by atoms with Crippen LogP contribution in [-0.2, 0) is 6.18 Å². The minimum Gasteiger partial charge on any atom is -0.444 e. The summed E-state index contributed by atoms with van der Waals surface area (Å²) < 4.78 is 49.6. The number of nitrogens with zero attached hydrogens (tertiary/aromatic N) is 2. The number of alkyl halides is 3. The van der Waals surface area contributed by atoms with Crippen LogP contribution in [0.1, 0.15) is 5.56 Å². The molecular weight excluding hydrogens is 437 g/mol. The van der Waals surface area contributed by atoms with Gasteiger partial charge in [0, 0.05) is 23.6 Å². The van der Waals surface area contributed by atoms with Gasteiger partial charge in [0.25, 0.3) is 5.75 Å². The molecule has 0 aliphatic heterocycles. The fourth-order valence-electron chi connectivity index (χ4n) is 3.18. The molecule has 12 heteroatoms. The summed E-state index contributed by atoms with van der Waals surface area (Å²) in [5, 5.41) is 24.0. The van der Waals surface area contributed by atoms with Crippen LogP contribution in [0, 0.1) is 20.2 Å². The van der Waals surface area contributed by atoms with Crippen molar-refractivity contribution < 1.29 is 32.2 Å². The Morgan fingerprint density at radius 2 is 1.44 bits per heavy atom. The van der Waals surface area contributed by atoms with Crippen molar-refractivity contribution in [3.8, 4) is 11.5 Å². The van der Waals surface area contributed by atoms with Gasteiger partial charge in [-0.2, -0.15) is 13.2 Å². The third-order valence-corrected chi connectivity index (χ3v) is 4.58. The summed E-state index contributed by atoms with van der Waals surface area (Å²) in [7, 11) is 0. The molecule has 1 aromatic heterocycles. The minimum atomic E-state index is -5.05. The number of rotatable bonds is 4. The maximum absolute atomic E-state index is 13.0. The lowest BCUT2D eigenvalue weighted by Gasteiger charge is -2.11. The smallest absolute Gasteiger partial charge is 0.416 e. The van der Waals surface area contributed by atoms with Gasteiger partial charge >= 0.3 is 23.2 Å². The summed E-state index contributed by atoms with van der Waals surface area (Å²) in [5.74, 6) is -1.21. The molecule has 32 heavy (non-hydrogen) atoms. The molecule has 0 amide bonds. The molecule has 1 heterocycles. The highest BCUT2D eigenvalue weighted by atomic mass is 19.4. The third-order valence-electron chi connectivity index (χ3n) is 4.58. The van der Waals surface area contributed by atoms with Gasteiger partial charge in [-0.1, -0.05) is 18.2 Å². The predicted octanol–water partition coefficient (Wildman–Crippen LogP) is 5.57. The Bertz CT molecular complexity index is 1440. The number of nitro groups is 2. The predicted molar refractivity (Wildman–Crippen MR) is 105 cm³/mol. The number of halogens is 3. The van der Waals surface area contributed by atoms with Crippen LogP contribution in [0.3, 0.4) is 0 Å². The number of ether oxygens (including phenoxy) is 1. The van der Waals surface area contributed by atoms with Gasteiger partial charge in [0.15, 0.2) is 0 Å². The van der Waals surface area contributed by atoms with Crippen LogP contribution in [0.5, 0.6) is 11.5 Å². The van der Waals surface area contributed by atoms with E-state index in [1.54, 1.807) is 24.3 Å². The van der Waals surface area contributed by atoms with Gasteiger partial charge < -0.3 is 9.15 Å². The second-order valence-electron chi connectivity index (χ2n) is 6.55. The van der Waals surface area contributed by atoms with Crippen LogP contribution in [0.15, 0.2) is 63.8 Å². The molecule has 0 saturated carbocycles. The van der Waals surface area contributed by atoms with Gasteiger partial charge in [-0.3, -0.25) is 20.2 Å². The Hall–Kier alpha value is -4.48. The van der Waals surface area contributed by atoms with E-state index in [0.717, 1.165) is 6.07 Å². The molecule has 162 valence electrons. The first-order valence-corrected chi connectivity index (χ1v) is 8.74. The highest BCUT2D eigenvalue weighted by Gasteiger charge is 2.38. The highest BCUT2D eigenvalue weighted by Crippen LogP contribution is 2.44. The van der Waals surface area contributed by atoms with Crippen LogP contribution >= 0.6 is 0 Å². The monoisotopic (exact) mass is 446 g/mol. The summed E-state index contributed by atoms with van der Waals surface area (Å²) in [6, 6.07) is 10.8. The van der Waals surface area contributed by atoms with Gasteiger partial charge in [0.05, 0.1) is 20.8 Å². The largest absolute Gasteiger partial charge is 0.444 e. The van der Waals surface area contributed by atoms with Crippen LogP contribution in [0.4, 0.5) is 24.5 Å². The molecule has 0 N–H and O–H groups in total. The number of hydrogen-bond donors (Lipinski definition) is 0. The van der Waals surface area contributed by atoms with E-state index in [-0.39, 0.29) is 23.5 Å². The summed E-state index contributed by atoms with van der Waals surface area (Å²) in [6.07, 6.45) is -5.05. The Labute approximate surface area is 174 Å². The molecule has 3 aromatic carbocycles. The molecule has 0 bridgehead atoms. The maximum atomic E-state index is 13.0. The molecule has 0 aliphatic carbocycles. The van der Waals surface area contributed by atoms with E-state index in [4.69, 9.17) is 9.15 Å². The van der Waals surface area contributed by atoms with Gasteiger partial charge in [0.2, 0.25) is 0 Å². The highest BCUT2D eigenvalue weighted by molar-refractivity contribution is 6.04. The second-order valence-corrected chi connectivity index (χ2v) is 6.55. The Morgan fingerprint density at radius 1 is 0.844 bits per heavy atom. The standard InChI is InChI=1S/C20H9F3N2O7/c21-20(22,23)10-7-15(24(27)28)18(16(8-10)25(29)30)31-11-5-6-13-12-3-1-2-4-14(12)19(26)32-17(13)9-11/h1-9H. The van der Waals surface area contributed by atoms with Crippen molar-refractivity contribution in [3.05, 3.63) is 90.8 Å². The van der Waals surface area contributed by atoms with Gasteiger partial charge in [0.1, 0.15) is 11.3 Å². The topological polar surface area (TPSA) is 126 Å². The second kappa shape index (κ2) is 7.34. The van der Waals surface area contributed by atoms with E-state index in [0.29, 0.717) is 16.2 Å². The normalized spacial score (nSPS) is 11.6. The van der Waals surface area contributed by atoms with Crippen LogP contribution in [-0.4, -0.2) is 9.85 Å². The Balaban J connectivity index is 1.90. The SMILES string of the molecule is O=c1oc2cc(Oc3c([N+](=O)[O-])cc(C(F)(F)F)cc3[N+](=O)[O-])ccc2c2ccccc12. The fourth-order valence-corrected chi connectivity index (χ4v) is 3.18. The fraction of sp³-hybridized carbons (Fsp3) is 0.0500. The van der Waals surface area contributed by atoms with Crippen molar-refractivity contribution in [1.29, 1.82) is 0 Å². The van der Waals surface area contributed by atoms with Crippen LogP contribution < -0.4 is 10.4 Å². The van der Waals surface area contributed by atoms with Gasteiger partial charge in [-0.25, -0.2) is 4.79 Å². The van der Waals surface area contributed by atoms with Crippen LogP contribution in [0.25, 0.3) is 21.7 Å². The molecule has 0 spiro atoms. The Kier molecular flexibility index (Phi) is 4.76. The third kappa shape index (κ3) is 3.57. The first kappa shape index (κ1) is 20.8. The van der Waals surface area contributed by atoms with Gasteiger partial charge in [-0.15, -0.1) is 0 Å². The van der Waals surface area contributed by atoms with Crippen molar-refractivity contribution in [1.82, 2.24) is 0 Å². The molecular formula is C20H9F3N2O7. The molecule has 0 atom stereocenters. The summed E-state index contributed by atoms with van der Waals surface area (Å²) in [4.78, 5) is 32.4. The van der Waals surface area contributed by atoms with E-state index in [9.17, 15) is 38.2 Å². The zero-order chi connectivity index (χ0) is 23.2. The van der Waals surface area contributed by atoms with E-state index in [1.165, 1.54) is 12.1 Å². The first-order valence-electron chi connectivity index (χ1n) is 8.74. The lowest BCUT2D eigenvalue weighted by Crippen LogP contribution is -2.08. The molecule has 4 rings (SSSR count). The quantitative estimate of drug-likeness (QED) is 0.173. The van der Waals surface area contributed by atoms with E-state index >= 15 is 0 Å². The average Bonchev–Trinajstić information content (AvgIpc) is 2.72. The zero-order valence-electron chi connectivity index (χ0n) is 15.6. The minimum absolute atomic E-state index is 0.0171. The summed E-state index contributed by atoms with van der Waals surface area (Å²) >= 11 is 0. The molecule has 0 saturated heterocycles. The van der Waals surface area contributed by atoms with E-state index in [2.05, 4.69) is 0 Å². The van der Waals surface area contributed by atoms with Crippen molar-refractivity contribution in [3.63, 3.8) is 0 Å². The van der Waals surface area contributed by atoms with Crippen molar-refractivity contribution in [2.45, 2.75) is 6.18 Å². The van der Waals surface area contributed by atoms with E-state index in [1.807, 2.05) is 0 Å². The molecule has 0 radical (unpaired) electrons. The number of hydrogen-bond acceptors (Lipinski definition) is 7. The average molecular weight is 446 g/mol. The summed E-state index contributed by atoms with van der Waals surface area (Å²) in [5.41, 5.74) is -4.71. The molecule has 4 aromatic rings. The lowest BCUT2D eigenvalue weighted by atomic mass is 10.1. The number of nitro benzene ring substituents is 2.